The molecule has 1 amide bonds. The van der Waals surface area contributed by atoms with E-state index in [0.717, 1.165) is 4.57 Å². The molecule has 0 atom stereocenters. The summed E-state index contributed by atoms with van der Waals surface area (Å²) in [6.45, 7) is -2.94. The number of anilines is 1. The Hall–Kier alpha value is -3.32. The highest BCUT2D eigenvalue weighted by atomic mass is 79.9. The van der Waals surface area contributed by atoms with Gasteiger partial charge in [0.1, 0.15) is 11.1 Å². The first kappa shape index (κ1) is 22.9. The summed E-state index contributed by atoms with van der Waals surface area (Å²) in [5.74, 6) is -0.440. The molecule has 0 saturated heterocycles. The fourth-order valence-corrected chi connectivity index (χ4v) is 4.41. The molecule has 13 heteroatoms. The van der Waals surface area contributed by atoms with Gasteiger partial charge in [0.15, 0.2) is 5.13 Å². The van der Waals surface area contributed by atoms with Crippen LogP contribution >= 0.6 is 27.3 Å². The van der Waals surface area contributed by atoms with Gasteiger partial charge in [-0.1, -0.05) is 0 Å². The van der Waals surface area contributed by atoms with Gasteiger partial charge >= 0.3 is 12.3 Å². The average Bonchev–Trinajstić information content (AvgIpc) is 3.39. The fourth-order valence-electron chi connectivity index (χ4n) is 3.21. The third-order valence-corrected chi connectivity index (χ3v) is 6.17. The molecule has 0 spiro atoms. The second-order valence-corrected chi connectivity index (χ2v) is 8.65. The highest BCUT2D eigenvalue weighted by Gasteiger charge is 2.19. The van der Waals surface area contributed by atoms with E-state index in [1.165, 1.54) is 42.3 Å². The maximum absolute atomic E-state index is 12.6. The van der Waals surface area contributed by atoms with Crippen molar-refractivity contribution in [2.75, 3.05) is 5.32 Å². The zero-order chi connectivity index (χ0) is 23.9. The Morgan fingerprint density at radius 3 is 2.76 bits per heavy atom. The molecule has 9 nitrogen and oxygen atoms in total. The number of fused-ring (bicyclic) bond motifs is 1. The van der Waals surface area contributed by atoms with Crippen LogP contribution in [0.2, 0.25) is 0 Å². The maximum atomic E-state index is 12.6. The van der Waals surface area contributed by atoms with Crippen molar-refractivity contribution in [3.8, 4) is 17.0 Å². The number of benzene rings is 1. The third-order valence-electron chi connectivity index (χ3n) is 4.79. The van der Waals surface area contributed by atoms with Gasteiger partial charge in [-0.25, -0.2) is 9.78 Å². The average molecular weight is 541 g/mol. The van der Waals surface area contributed by atoms with Gasteiger partial charge < -0.3 is 14.5 Å². The molecule has 172 valence electrons. The Kier molecular flexibility index (Phi) is 6.17. The lowest BCUT2D eigenvalue weighted by molar-refractivity contribution is -0.115. The zero-order valence-corrected chi connectivity index (χ0v) is 19.5. The first-order chi connectivity index (χ1) is 15.7. The second-order valence-electron chi connectivity index (χ2n) is 6.93. The summed E-state index contributed by atoms with van der Waals surface area (Å²) in [4.78, 5) is 41.4. The minimum absolute atomic E-state index is 0.00603. The van der Waals surface area contributed by atoms with Gasteiger partial charge in [-0.2, -0.15) is 8.78 Å². The van der Waals surface area contributed by atoms with E-state index in [1.807, 2.05) is 0 Å². The van der Waals surface area contributed by atoms with Gasteiger partial charge in [0.2, 0.25) is 11.6 Å². The lowest BCUT2D eigenvalue weighted by atomic mass is 10.1. The third kappa shape index (κ3) is 4.46. The number of aryl methyl sites for hydroxylation is 1. The van der Waals surface area contributed by atoms with E-state index in [0.29, 0.717) is 26.4 Å². The molecule has 4 rings (SSSR count). The summed E-state index contributed by atoms with van der Waals surface area (Å²) in [7, 11) is 2.82. The van der Waals surface area contributed by atoms with Gasteiger partial charge in [-0.3, -0.25) is 18.7 Å². The molecule has 3 aromatic heterocycles. The van der Waals surface area contributed by atoms with Crippen molar-refractivity contribution in [1.29, 1.82) is 0 Å². The van der Waals surface area contributed by atoms with Gasteiger partial charge in [0.05, 0.1) is 22.9 Å². The van der Waals surface area contributed by atoms with Crippen LogP contribution in [0.1, 0.15) is 5.56 Å². The van der Waals surface area contributed by atoms with Crippen LogP contribution < -0.4 is 21.3 Å². The molecule has 3 heterocycles. The molecule has 1 N–H and O–H groups in total. The number of amides is 1. The van der Waals surface area contributed by atoms with Crippen molar-refractivity contribution < 1.29 is 22.7 Å². The fraction of sp³-hybridized carbons (Fsp3) is 0.200. The number of hydrogen-bond donors (Lipinski definition) is 1. The molecule has 1 aromatic carbocycles. The van der Waals surface area contributed by atoms with Crippen LogP contribution in [-0.2, 0) is 25.3 Å². The van der Waals surface area contributed by atoms with Crippen molar-refractivity contribution in [2.45, 2.75) is 13.0 Å². The molecular weight excluding hydrogens is 526 g/mol. The first-order valence-electron chi connectivity index (χ1n) is 9.32. The van der Waals surface area contributed by atoms with Crippen molar-refractivity contribution in [3.05, 3.63) is 60.7 Å². The molecule has 0 unspecified atom stereocenters. The summed E-state index contributed by atoms with van der Waals surface area (Å²) in [5, 5.41) is 4.83. The molecule has 0 aliphatic carbocycles. The maximum Gasteiger partial charge on any atom is 0.387 e. The summed E-state index contributed by atoms with van der Waals surface area (Å²) >= 11 is 4.36. The number of aromatic nitrogens is 3. The smallest absolute Gasteiger partial charge is 0.387 e. The van der Waals surface area contributed by atoms with E-state index in [2.05, 4.69) is 31.0 Å². The second kappa shape index (κ2) is 8.90. The van der Waals surface area contributed by atoms with Gasteiger partial charge in [0, 0.05) is 30.6 Å². The van der Waals surface area contributed by atoms with Crippen LogP contribution in [0.4, 0.5) is 13.9 Å². The van der Waals surface area contributed by atoms with Crippen LogP contribution in [0.5, 0.6) is 5.75 Å². The van der Waals surface area contributed by atoms with Crippen molar-refractivity contribution >= 4 is 49.4 Å². The highest BCUT2D eigenvalue weighted by Crippen LogP contribution is 2.33. The van der Waals surface area contributed by atoms with Crippen molar-refractivity contribution in [3.63, 3.8) is 0 Å². The Morgan fingerprint density at radius 2 is 2.06 bits per heavy atom. The lowest BCUT2D eigenvalue weighted by Crippen LogP contribution is -2.36. The zero-order valence-electron chi connectivity index (χ0n) is 17.1. The van der Waals surface area contributed by atoms with Gasteiger partial charge in [0.25, 0.3) is 5.56 Å². The van der Waals surface area contributed by atoms with Crippen LogP contribution in [-0.4, -0.2) is 26.6 Å². The van der Waals surface area contributed by atoms with Crippen molar-refractivity contribution in [2.24, 2.45) is 14.1 Å². The number of rotatable bonds is 6. The largest absolute Gasteiger partial charge is 0.447 e. The Balaban J connectivity index is 1.52. The van der Waals surface area contributed by atoms with Gasteiger partial charge in [-0.15, -0.1) is 11.3 Å². The van der Waals surface area contributed by atoms with Crippen LogP contribution in [0.15, 0.2) is 48.3 Å². The van der Waals surface area contributed by atoms with E-state index in [4.69, 9.17) is 4.42 Å². The predicted octanol–water partition coefficient (Wildman–Crippen LogP) is 3.50. The standard InChI is InChI=1S/C20H15BrF2N4O5S/c1-26-16(29)15-10(7-31-17(15)27(2)20(26)30)6-14(28)25-19-24-12(8-33-19)9-3-4-13(11(21)5-9)32-18(22)23/h3-5,7-8,18H,6H2,1-2H3,(H,24,25,28). The molecule has 0 saturated carbocycles. The van der Waals surface area contributed by atoms with E-state index < -0.39 is 23.8 Å². The number of nitrogens with zero attached hydrogens (tertiary/aromatic N) is 3. The number of carbonyl (C=O) groups is 1. The summed E-state index contributed by atoms with van der Waals surface area (Å²) in [5.41, 5.74) is 0.503. The minimum atomic E-state index is -2.94. The van der Waals surface area contributed by atoms with E-state index in [1.54, 1.807) is 17.5 Å². The van der Waals surface area contributed by atoms with Gasteiger partial charge in [-0.05, 0) is 34.1 Å². The lowest BCUT2D eigenvalue weighted by Gasteiger charge is -2.07. The van der Waals surface area contributed by atoms with Crippen LogP contribution in [0, 0.1) is 0 Å². The minimum Gasteiger partial charge on any atom is -0.447 e. The van der Waals surface area contributed by atoms with Crippen molar-refractivity contribution in [1.82, 2.24) is 14.1 Å². The Bertz CT molecular complexity index is 1490. The van der Waals surface area contributed by atoms with E-state index in [9.17, 15) is 23.2 Å². The number of thiazole rings is 1. The summed E-state index contributed by atoms with van der Waals surface area (Å²) < 4.78 is 37.1. The monoisotopic (exact) mass is 540 g/mol. The topological polar surface area (TPSA) is 108 Å². The molecule has 4 aromatic rings. The quantitative estimate of drug-likeness (QED) is 0.401. The van der Waals surface area contributed by atoms with Crippen LogP contribution in [0.25, 0.3) is 22.4 Å². The SMILES string of the molecule is Cn1c(=O)c2c(CC(=O)Nc3nc(-c4ccc(OC(F)F)c(Br)c4)cs3)coc2n(C)c1=O. The molecule has 0 aliphatic heterocycles. The number of nitrogens with one attached hydrogen (secondary N) is 1. The number of furan rings is 1. The molecule has 0 aliphatic rings. The van der Waals surface area contributed by atoms with E-state index in [-0.39, 0.29) is 23.3 Å². The number of hydrogen-bond acceptors (Lipinski definition) is 7. The number of carbonyl (C=O) groups excluding carboxylic acids is 1. The summed E-state index contributed by atoms with van der Waals surface area (Å²) in [6.07, 6.45) is 1.11. The first-order valence-corrected chi connectivity index (χ1v) is 11.0. The molecule has 33 heavy (non-hydrogen) atoms. The predicted molar refractivity (Wildman–Crippen MR) is 121 cm³/mol. The Labute approximate surface area is 196 Å². The molecule has 0 radical (unpaired) electrons. The highest BCUT2D eigenvalue weighted by molar-refractivity contribution is 9.10. The molecule has 0 bridgehead atoms. The summed E-state index contributed by atoms with van der Waals surface area (Å²) in [6, 6.07) is 4.54. The van der Waals surface area contributed by atoms with E-state index >= 15 is 0 Å². The molecular formula is C20H15BrF2N4O5S. The molecule has 0 fully saturated rings. The number of alkyl halides is 2. The normalized spacial score (nSPS) is 11.3. The number of ether oxygens (including phenoxy) is 1. The Morgan fingerprint density at radius 1 is 1.30 bits per heavy atom. The van der Waals surface area contributed by atoms with Crippen LogP contribution in [0.3, 0.4) is 0 Å². The number of halogens is 3.